The van der Waals surface area contributed by atoms with Crippen molar-refractivity contribution >= 4 is 28.8 Å². The predicted octanol–water partition coefficient (Wildman–Crippen LogP) is 4.45. The van der Waals surface area contributed by atoms with Gasteiger partial charge in [-0.25, -0.2) is 4.98 Å². The van der Waals surface area contributed by atoms with Crippen LogP contribution < -0.4 is 14.8 Å². The molecule has 0 bridgehead atoms. The number of aryl methyl sites for hydroxylation is 3. The van der Waals surface area contributed by atoms with Crippen LogP contribution in [0.3, 0.4) is 0 Å². The third-order valence-corrected chi connectivity index (χ3v) is 6.02. The van der Waals surface area contributed by atoms with E-state index in [9.17, 15) is 4.79 Å². The van der Waals surface area contributed by atoms with Crippen molar-refractivity contribution in [3.63, 3.8) is 0 Å². The fraction of sp³-hybridized carbons (Fsp3) is 0.500. The Morgan fingerprint density at radius 1 is 1.33 bits per heavy atom. The standard InChI is InChI=1S/C20H25ClN2O3S/c1-3-26-19-14(21)11-13(12-16(19)25-2)20(24)22-10-6-9-18-23-15-7-4-5-8-17(15)27-18/h11-12H,3-10H2,1-2H3,(H,22,24). The quantitative estimate of drug-likeness (QED) is 0.655. The SMILES string of the molecule is CCOc1c(Cl)cc(C(=O)NCCCc2nc3c(s2)CCCC3)cc1OC. The van der Waals surface area contributed by atoms with Crippen molar-refractivity contribution in [2.75, 3.05) is 20.3 Å². The van der Waals surface area contributed by atoms with Crippen molar-refractivity contribution in [1.29, 1.82) is 0 Å². The third-order valence-electron chi connectivity index (χ3n) is 4.52. The smallest absolute Gasteiger partial charge is 0.251 e. The van der Waals surface area contributed by atoms with E-state index in [1.165, 1.54) is 42.0 Å². The maximum atomic E-state index is 12.4. The molecule has 0 saturated heterocycles. The highest BCUT2D eigenvalue weighted by Crippen LogP contribution is 2.36. The number of carbonyl (C=O) groups excluding carboxylic acids is 1. The molecule has 0 aliphatic heterocycles. The zero-order valence-electron chi connectivity index (χ0n) is 15.8. The van der Waals surface area contributed by atoms with Gasteiger partial charge in [-0.2, -0.15) is 0 Å². The van der Waals surface area contributed by atoms with E-state index in [4.69, 9.17) is 26.1 Å². The van der Waals surface area contributed by atoms with E-state index < -0.39 is 0 Å². The number of methoxy groups -OCH3 is 1. The normalized spacial score (nSPS) is 13.1. The van der Waals surface area contributed by atoms with Gasteiger partial charge in [-0.3, -0.25) is 4.79 Å². The molecule has 3 rings (SSSR count). The van der Waals surface area contributed by atoms with Crippen LogP contribution in [0, 0.1) is 0 Å². The second-order valence-electron chi connectivity index (χ2n) is 6.47. The second kappa shape index (κ2) is 9.42. The molecule has 1 N–H and O–H groups in total. The number of hydrogen-bond acceptors (Lipinski definition) is 5. The van der Waals surface area contributed by atoms with Crippen LogP contribution in [0.15, 0.2) is 12.1 Å². The highest BCUT2D eigenvalue weighted by molar-refractivity contribution is 7.11. The molecule has 27 heavy (non-hydrogen) atoms. The maximum Gasteiger partial charge on any atom is 0.251 e. The lowest BCUT2D eigenvalue weighted by molar-refractivity contribution is 0.0953. The largest absolute Gasteiger partial charge is 0.493 e. The molecular weight excluding hydrogens is 384 g/mol. The van der Waals surface area contributed by atoms with Crippen LogP contribution in [0.1, 0.15) is 52.1 Å². The zero-order chi connectivity index (χ0) is 19.2. The minimum Gasteiger partial charge on any atom is -0.493 e. The fourth-order valence-corrected chi connectivity index (χ4v) is 4.66. The fourth-order valence-electron chi connectivity index (χ4n) is 3.19. The van der Waals surface area contributed by atoms with Gasteiger partial charge in [0.2, 0.25) is 0 Å². The van der Waals surface area contributed by atoms with Gasteiger partial charge in [0.25, 0.3) is 5.91 Å². The highest BCUT2D eigenvalue weighted by atomic mass is 35.5. The molecule has 5 nitrogen and oxygen atoms in total. The molecule has 1 aromatic heterocycles. The van der Waals surface area contributed by atoms with Crippen molar-refractivity contribution in [3.8, 4) is 11.5 Å². The lowest BCUT2D eigenvalue weighted by Crippen LogP contribution is -2.24. The first kappa shape index (κ1) is 20.0. The molecule has 0 fully saturated rings. The van der Waals surface area contributed by atoms with E-state index in [1.54, 1.807) is 12.1 Å². The number of benzene rings is 1. The van der Waals surface area contributed by atoms with Crippen LogP contribution in [-0.2, 0) is 19.3 Å². The minimum atomic E-state index is -0.170. The molecule has 0 spiro atoms. The summed E-state index contributed by atoms with van der Waals surface area (Å²) < 4.78 is 10.8. The average molecular weight is 409 g/mol. The Kier molecular flexibility index (Phi) is 6.96. The van der Waals surface area contributed by atoms with Crippen LogP contribution >= 0.6 is 22.9 Å². The summed E-state index contributed by atoms with van der Waals surface area (Å²) in [5.41, 5.74) is 1.76. The second-order valence-corrected chi connectivity index (χ2v) is 8.04. The minimum absolute atomic E-state index is 0.170. The van der Waals surface area contributed by atoms with Crippen molar-refractivity contribution in [3.05, 3.63) is 38.3 Å². The number of nitrogens with one attached hydrogen (secondary N) is 1. The molecule has 0 saturated carbocycles. The summed E-state index contributed by atoms with van der Waals surface area (Å²) in [7, 11) is 1.53. The van der Waals surface area contributed by atoms with Gasteiger partial charge in [0.1, 0.15) is 0 Å². The summed E-state index contributed by atoms with van der Waals surface area (Å²) in [6, 6.07) is 3.26. The summed E-state index contributed by atoms with van der Waals surface area (Å²) >= 11 is 8.07. The van der Waals surface area contributed by atoms with Crippen molar-refractivity contribution in [2.24, 2.45) is 0 Å². The van der Waals surface area contributed by atoms with Gasteiger partial charge >= 0.3 is 0 Å². The average Bonchev–Trinajstić information content (AvgIpc) is 3.09. The van der Waals surface area contributed by atoms with Gasteiger partial charge in [0.15, 0.2) is 11.5 Å². The number of rotatable bonds is 8. The first-order chi connectivity index (χ1) is 13.1. The monoisotopic (exact) mass is 408 g/mol. The molecule has 7 heteroatoms. The molecule has 1 aliphatic carbocycles. The topological polar surface area (TPSA) is 60.5 Å². The van der Waals surface area contributed by atoms with Crippen LogP contribution in [0.4, 0.5) is 0 Å². The molecule has 0 radical (unpaired) electrons. The lowest BCUT2D eigenvalue weighted by Gasteiger charge is -2.13. The molecule has 1 aliphatic rings. The predicted molar refractivity (Wildman–Crippen MR) is 109 cm³/mol. The summed E-state index contributed by atoms with van der Waals surface area (Å²) in [5, 5.41) is 4.50. The maximum absolute atomic E-state index is 12.4. The van der Waals surface area contributed by atoms with E-state index in [-0.39, 0.29) is 5.91 Å². The summed E-state index contributed by atoms with van der Waals surface area (Å²) in [5.74, 6) is 0.755. The number of hydrogen-bond donors (Lipinski definition) is 1. The van der Waals surface area contributed by atoms with Gasteiger partial charge in [0, 0.05) is 23.4 Å². The Bertz CT molecular complexity index is 783. The van der Waals surface area contributed by atoms with Gasteiger partial charge in [-0.15, -0.1) is 11.3 Å². The molecule has 1 aromatic carbocycles. The number of ether oxygens (including phenoxy) is 2. The Morgan fingerprint density at radius 2 is 2.15 bits per heavy atom. The number of thiazole rings is 1. The first-order valence-electron chi connectivity index (χ1n) is 9.38. The Morgan fingerprint density at radius 3 is 2.89 bits per heavy atom. The van der Waals surface area contributed by atoms with E-state index in [2.05, 4.69) is 5.32 Å². The molecule has 146 valence electrons. The molecular formula is C20H25ClN2O3S. The number of aromatic nitrogens is 1. The zero-order valence-corrected chi connectivity index (χ0v) is 17.3. The van der Waals surface area contributed by atoms with Gasteiger partial charge in [0.05, 0.1) is 29.4 Å². The Hall–Kier alpha value is -1.79. The van der Waals surface area contributed by atoms with Crippen molar-refractivity contribution in [2.45, 2.75) is 45.4 Å². The van der Waals surface area contributed by atoms with Crippen LogP contribution in [-0.4, -0.2) is 31.2 Å². The third kappa shape index (κ3) is 4.93. The number of nitrogens with zero attached hydrogens (tertiary/aromatic N) is 1. The molecule has 0 unspecified atom stereocenters. The number of fused-ring (bicyclic) bond motifs is 1. The van der Waals surface area contributed by atoms with Crippen molar-refractivity contribution < 1.29 is 14.3 Å². The number of halogens is 1. The van der Waals surface area contributed by atoms with Gasteiger partial charge in [-0.1, -0.05) is 11.6 Å². The lowest BCUT2D eigenvalue weighted by atomic mass is 10.0. The molecule has 2 aromatic rings. The summed E-state index contributed by atoms with van der Waals surface area (Å²) in [6.07, 6.45) is 6.57. The molecule has 0 atom stereocenters. The summed E-state index contributed by atoms with van der Waals surface area (Å²) in [6.45, 7) is 2.94. The first-order valence-corrected chi connectivity index (χ1v) is 10.6. The highest BCUT2D eigenvalue weighted by Gasteiger charge is 2.16. The Balaban J connectivity index is 1.53. The van der Waals surface area contributed by atoms with Crippen LogP contribution in [0.5, 0.6) is 11.5 Å². The van der Waals surface area contributed by atoms with E-state index in [0.717, 1.165) is 19.3 Å². The van der Waals surface area contributed by atoms with E-state index in [1.807, 2.05) is 18.3 Å². The van der Waals surface area contributed by atoms with Crippen LogP contribution in [0.2, 0.25) is 5.02 Å². The van der Waals surface area contributed by atoms with Gasteiger partial charge < -0.3 is 14.8 Å². The molecule has 1 amide bonds. The van der Waals surface area contributed by atoms with Crippen molar-refractivity contribution in [1.82, 2.24) is 10.3 Å². The van der Waals surface area contributed by atoms with E-state index in [0.29, 0.717) is 35.2 Å². The summed E-state index contributed by atoms with van der Waals surface area (Å²) in [4.78, 5) is 18.6. The van der Waals surface area contributed by atoms with Crippen LogP contribution in [0.25, 0.3) is 0 Å². The number of amides is 1. The number of carbonyl (C=O) groups is 1. The van der Waals surface area contributed by atoms with E-state index >= 15 is 0 Å². The van der Waals surface area contributed by atoms with Gasteiger partial charge in [-0.05, 0) is 51.2 Å². The molecule has 1 heterocycles. The Labute approximate surface area is 169 Å².